The lowest BCUT2D eigenvalue weighted by molar-refractivity contribution is 0.724. The van der Waals surface area contributed by atoms with Crippen molar-refractivity contribution in [1.29, 1.82) is 0 Å². The largest absolute Gasteiger partial charge is 0.341 e. The van der Waals surface area contributed by atoms with Gasteiger partial charge >= 0.3 is 0 Å². The minimum atomic E-state index is 0.757. The van der Waals surface area contributed by atoms with E-state index in [1.54, 1.807) is 7.05 Å². The van der Waals surface area contributed by atoms with Crippen molar-refractivity contribution in [2.45, 2.75) is 0 Å². The third-order valence-electron chi connectivity index (χ3n) is 0.775. The van der Waals surface area contributed by atoms with E-state index in [1.165, 1.54) is 0 Å². The zero-order valence-corrected chi connectivity index (χ0v) is 4.15. The molecule has 0 spiro atoms. The van der Waals surface area contributed by atoms with E-state index in [-0.39, 0.29) is 0 Å². The molecule has 0 aromatic heterocycles. The molecular formula is C3H8N4. The first kappa shape index (κ1) is 4.39. The second-order valence-electron chi connectivity index (χ2n) is 1.23. The predicted octanol–water partition coefficient (Wildman–Crippen LogP) is -1.37. The molecule has 0 amide bonds. The maximum Gasteiger partial charge on any atom is 0.206 e. The Kier molecular flexibility index (Phi) is 1.12. The van der Waals surface area contributed by atoms with Crippen LogP contribution in [0.15, 0.2) is 4.99 Å². The zero-order chi connectivity index (χ0) is 5.11. The monoisotopic (exact) mass is 100 g/mol. The highest BCUT2D eigenvalue weighted by Gasteiger charge is 1.99. The van der Waals surface area contributed by atoms with E-state index in [0.717, 1.165) is 12.6 Å². The third-order valence-corrected chi connectivity index (χ3v) is 0.775. The maximum absolute atomic E-state index is 3.82. The first-order chi connectivity index (χ1) is 3.43. The van der Waals surface area contributed by atoms with Gasteiger partial charge in [0.05, 0.1) is 6.67 Å². The van der Waals surface area contributed by atoms with Crippen LogP contribution in [0.4, 0.5) is 0 Å². The maximum atomic E-state index is 3.82. The molecule has 40 valence electrons. The van der Waals surface area contributed by atoms with Gasteiger partial charge in [0, 0.05) is 7.05 Å². The van der Waals surface area contributed by atoms with Crippen LogP contribution in [0.1, 0.15) is 0 Å². The zero-order valence-electron chi connectivity index (χ0n) is 4.15. The summed E-state index contributed by atoms with van der Waals surface area (Å²) >= 11 is 0. The highest BCUT2D eigenvalue weighted by Crippen LogP contribution is 1.65. The van der Waals surface area contributed by atoms with Gasteiger partial charge in [-0.1, -0.05) is 0 Å². The second kappa shape index (κ2) is 1.79. The van der Waals surface area contributed by atoms with Gasteiger partial charge in [-0.2, -0.15) is 0 Å². The lowest BCUT2D eigenvalue weighted by atomic mass is 11.0. The molecule has 0 bridgehead atoms. The molecule has 0 aliphatic carbocycles. The minimum Gasteiger partial charge on any atom is -0.341 e. The molecule has 1 saturated heterocycles. The van der Waals surface area contributed by atoms with Crippen molar-refractivity contribution >= 4 is 5.96 Å². The molecule has 1 heterocycles. The smallest absolute Gasteiger partial charge is 0.206 e. The summed E-state index contributed by atoms with van der Waals surface area (Å²) in [6, 6.07) is 0. The van der Waals surface area contributed by atoms with Crippen LogP contribution in [0.3, 0.4) is 0 Å². The fourth-order valence-corrected chi connectivity index (χ4v) is 0.435. The summed E-state index contributed by atoms with van der Waals surface area (Å²) in [7, 11) is 1.72. The molecule has 3 N–H and O–H groups in total. The van der Waals surface area contributed by atoms with Crippen LogP contribution < -0.4 is 16.2 Å². The Balaban J connectivity index is 2.41. The highest BCUT2D eigenvalue weighted by molar-refractivity contribution is 5.80. The molecule has 0 radical (unpaired) electrons. The predicted molar refractivity (Wildman–Crippen MR) is 27.6 cm³/mol. The van der Waals surface area contributed by atoms with Crippen molar-refractivity contribution in [2.24, 2.45) is 4.99 Å². The van der Waals surface area contributed by atoms with Crippen molar-refractivity contribution in [3.05, 3.63) is 0 Å². The van der Waals surface area contributed by atoms with E-state index in [1.807, 2.05) is 0 Å². The number of rotatable bonds is 0. The van der Waals surface area contributed by atoms with E-state index >= 15 is 0 Å². The molecule has 1 aliphatic heterocycles. The normalized spacial score (nSPS) is 24.4. The molecule has 1 aliphatic rings. The minimum absolute atomic E-state index is 0.757. The van der Waals surface area contributed by atoms with E-state index in [4.69, 9.17) is 0 Å². The van der Waals surface area contributed by atoms with E-state index in [2.05, 4.69) is 21.2 Å². The Hall–Kier alpha value is -0.770. The quantitative estimate of drug-likeness (QED) is 0.352. The number of aliphatic imine (C=N–C) groups is 1. The van der Waals surface area contributed by atoms with Crippen molar-refractivity contribution in [3.8, 4) is 0 Å². The van der Waals surface area contributed by atoms with Gasteiger partial charge in [0.25, 0.3) is 0 Å². The number of guanidine groups is 1. The van der Waals surface area contributed by atoms with Gasteiger partial charge in [0.1, 0.15) is 0 Å². The Morgan fingerprint density at radius 2 is 2.57 bits per heavy atom. The standard InChI is InChI=1S/C3H8N4/c1-4-3-5-2-6-7-3/h6H,2H2,1H3,(H2,4,5,7). The molecule has 0 aromatic carbocycles. The van der Waals surface area contributed by atoms with Crippen LogP contribution >= 0.6 is 0 Å². The second-order valence-corrected chi connectivity index (χ2v) is 1.23. The van der Waals surface area contributed by atoms with E-state index < -0.39 is 0 Å². The molecule has 1 fully saturated rings. The van der Waals surface area contributed by atoms with Gasteiger partial charge in [-0.15, -0.1) is 0 Å². The van der Waals surface area contributed by atoms with Gasteiger partial charge < -0.3 is 5.32 Å². The Bertz CT molecular complexity index is 78.9. The molecule has 0 aromatic rings. The van der Waals surface area contributed by atoms with Crippen molar-refractivity contribution in [2.75, 3.05) is 13.7 Å². The van der Waals surface area contributed by atoms with Crippen LogP contribution in [0.2, 0.25) is 0 Å². The Morgan fingerprint density at radius 3 is 2.86 bits per heavy atom. The van der Waals surface area contributed by atoms with Crippen LogP contribution in [0, 0.1) is 0 Å². The molecule has 4 nitrogen and oxygen atoms in total. The fraction of sp³-hybridized carbons (Fsp3) is 0.667. The van der Waals surface area contributed by atoms with Gasteiger partial charge in [-0.3, -0.25) is 10.4 Å². The SMILES string of the molecule is CN=C1NCNN1. The average molecular weight is 100 g/mol. The molecule has 0 saturated carbocycles. The molecule has 0 unspecified atom stereocenters. The third kappa shape index (κ3) is 0.806. The van der Waals surface area contributed by atoms with Gasteiger partial charge in [-0.05, 0) is 0 Å². The molecular weight excluding hydrogens is 92.1 g/mol. The summed E-state index contributed by atoms with van der Waals surface area (Å²) in [6.45, 7) is 0.757. The first-order valence-electron chi connectivity index (χ1n) is 2.13. The molecule has 7 heavy (non-hydrogen) atoms. The Labute approximate surface area is 42.0 Å². The van der Waals surface area contributed by atoms with Crippen LogP contribution in [-0.2, 0) is 0 Å². The van der Waals surface area contributed by atoms with Crippen LogP contribution in [0.5, 0.6) is 0 Å². The van der Waals surface area contributed by atoms with E-state index in [0.29, 0.717) is 0 Å². The summed E-state index contributed by atoms with van der Waals surface area (Å²) < 4.78 is 0. The summed E-state index contributed by atoms with van der Waals surface area (Å²) in [5.74, 6) is 0.806. The fourth-order valence-electron chi connectivity index (χ4n) is 0.435. The number of hydrazine groups is 1. The molecule has 0 atom stereocenters. The number of hydrogen-bond donors (Lipinski definition) is 3. The van der Waals surface area contributed by atoms with Crippen molar-refractivity contribution < 1.29 is 0 Å². The first-order valence-corrected chi connectivity index (χ1v) is 2.13. The lowest BCUT2D eigenvalue weighted by Crippen LogP contribution is -2.27. The summed E-state index contributed by atoms with van der Waals surface area (Å²) in [5.41, 5.74) is 5.63. The summed E-state index contributed by atoms with van der Waals surface area (Å²) in [4.78, 5) is 3.82. The summed E-state index contributed by atoms with van der Waals surface area (Å²) in [6.07, 6.45) is 0. The number of nitrogens with zero attached hydrogens (tertiary/aromatic N) is 1. The van der Waals surface area contributed by atoms with Gasteiger partial charge in [-0.25, -0.2) is 5.43 Å². The molecule has 1 rings (SSSR count). The topological polar surface area (TPSA) is 48.5 Å². The van der Waals surface area contributed by atoms with Crippen molar-refractivity contribution in [3.63, 3.8) is 0 Å². The average Bonchev–Trinajstić information content (AvgIpc) is 2.14. The van der Waals surface area contributed by atoms with E-state index in [9.17, 15) is 0 Å². The number of nitrogens with one attached hydrogen (secondary N) is 3. The van der Waals surface area contributed by atoms with Crippen LogP contribution in [-0.4, -0.2) is 19.7 Å². The van der Waals surface area contributed by atoms with Gasteiger partial charge in [0.15, 0.2) is 0 Å². The Morgan fingerprint density at radius 1 is 1.71 bits per heavy atom. The van der Waals surface area contributed by atoms with Gasteiger partial charge in [0.2, 0.25) is 5.96 Å². The molecule has 4 heteroatoms. The highest BCUT2D eigenvalue weighted by atomic mass is 15.5. The summed E-state index contributed by atoms with van der Waals surface area (Å²) in [5, 5.41) is 2.93. The van der Waals surface area contributed by atoms with Crippen LogP contribution in [0.25, 0.3) is 0 Å². The van der Waals surface area contributed by atoms with Crippen molar-refractivity contribution in [1.82, 2.24) is 16.2 Å². The number of hydrogen-bond acceptors (Lipinski definition) is 2. The lowest BCUT2D eigenvalue weighted by Gasteiger charge is -1.89.